The fourth-order valence-electron chi connectivity index (χ4n) is 2.96. The van der Waals surface area contributed by atoms with Crippen LogP contribution in [0.15, 0.2) is 18.2 Å². The van der Waals surface area contributed by atoms with Crippen molar-refractivity contribution in [2.75, 3.05) is 27.2 Å². The average Bonchev–Trinajstić information content (AvgIpc) is 2.59. The van der Waals surface area contributed by atoms with Crippen LogP contribution in [0.2, 0.25) is 0 Å². The smallest absolute Gasteiger partial charge is 0.124 e. The summed E-state index contributed by atoms with van der Waals surface area (Å²) in [5, 5.41) is 9.85. The molecule has 1 aromatic rings. The molecule has 1 aromatic carbocycles. The van der Waals surface area contributed by atoms with Gasteiger partial charge in [-0.15, -0.1) is 0 Å². The second-order valence-electron chi connectivity index (χ2n) is 6.05. The summed E-state index contributed by atoms with van der Waals surface area (Å²) in [6, 6.07) is 8.84. The number of nitrogens with zero attached hydrogens (tertiary/aromatic N) is 2. The first-order chi connectivity index (χ1) is 9.57. The summed E-state index contributed by atoms with van der Waals surface area (Å²) in [6.07, 6.45) is 3.78. The van der Waals surface area contributed by atoms with Crippen molar-refractivity contribution in [3.8, 4) is 11.8 Å². The first-order valence-corrected chi connectivity index (χ1v) is 7.37. The summed E-state index contributed by atoms with van der Waals surface area (Å²) >= 11 is 0. The highest BCUT2D eigenvalue weighted by Gasteiger charge is 2.36. The molecular formula is C17H24N2O. The molecular weight excluding hydrogens is 248 g/mol. The number of hydrogen-bond acceptors (Lipinski definition) is 3. The van der Waals surface area contributed by atoms with Gasteiger partial charge in [-0.1, -0.05) is 17.7 Å². The van der Waals surface area contributed by atoms with E-state index in [0.717, 1.165) is 43.5 Å². The molecule has 0 fully saturated rings. The van der Waals surface area contributed by atoms with E-state index in [2.05, 4.69) is 44.1 Å². The summed E-state index contributed by atoms with van der Waals surface area (Å²) in [4.78, 5) is 2.18. The van der Waals surface area contributed by atoms with E-state index < -0.39 is 0 Å². The zero-order valence-electron chi connectivity index (χ0n) is 12.8. The van der Waals surface area contributed by atoms with Gasteiger partial charge in [-0.25, -0.2) is 0 Å². The Morgan fingerprint density at radius 3 is 2.90 bits per heavy atom. The van der Waals surface area contributed by atoms with E-state index in [-0.39, 0.29) is 5.41 Å². The topological polar surface area (TPSA) is 36.3 Å². The Bertz CT molecular complexity index is 504. The van der Waals surface area contributed by atoms with E-state index in [4.69, 9.17) is 4.74 Å². The van der Waals surface area contributed by atoms with E-state index in [1.807, 2.05) is 6.07 Å². The molecule has 3 nitrogen and oxygen atoms in total. The van der Waals surface area contributed by atoms with Crippen molar-refractivity contribution in [2.45, 2.75) is 38.0 Å². The van der Waals surface area contributed by atoms with Crippen LogP contribution in [-0.2, 0) is 5.41 Å². The van der Waals surface area contributed by atoms with E-state index in [1.165, 1.54) is 5.56 Å². The van der Waals surface area contributed by atoms with Gasteiger partial charge in [-0.05, 0) is 59.3 Å². The highest BCUT2D eigenvalue weighted by molar-refractivity contribution is 5.46. The minimum absolute atomic E-state index is 0.381. The number of aryl methyl sites for hydroxylation is 1. The maximum atomic E-state index is 9.85. The van der Waals surface area contributed by atoms with Crippen LogP contribution in [0.4, 0.5) is 0 Å². The molecule has 3 heteroatoms. The van der Waals surface area contributed by atoms with E-state index in [9.17, 15) is 5.26 Å². The van der Waals surface area contributed by atoms with E-state index in [1.54, 1.807) is 0 Å². The second-order valence-corrected chi connectivity index (χ2v) is 6.05. The number of nitriles is 1. The Kier molecular flexibility index (Phi) is 4.67. The summed E-state index contributed by atoms with van der Waals surface area (Å²) in [5.41, 5.74) is 1.91. The first-order valence-electron chi connectivity index (χ1n) is 7.37. The van der Waals surface area contributed by atoms with E-state index in [0.29, 0.717) is 6.61 Å². The molecule has 0 N–H and O–H groups in total. The van der Waals surface area contributed by atoms with Gasteiger partial charge < -0.3 is 9.64 Å². The Morgan fingerprint density at radius 1 is 1.40 bits per heavy atom. The molecule has 0 radical (unpaired) electrons. The highest BCUT2D eigenvalue weighted by Crippen LogP contribution is 2.41. The minimum atomic E-state index is -0.381. The zero-order chi connectivity index (χ0) is 14.6. The largest absolute Gasteiger partial charge is 0.493 e. The Hall–Kier alpha value is -1.53. The molecule has 0 saturated heterocycles. The molecule has 108 valence electrons. The van der Waals surface area contributed by atoms with Gasteiger partial charge in [0.25, 0.3) is 0 Å². The van der Waals surface area contributed by atoms with Gasteiger partial charge in [0.15, 0.2) is 0 Å². The molecule has 1 unspecified atom stereocenters. The van der Waals surface area contributed by atoms with Crippen LogP contribution < -0.4 is 4.74 Å². The Morgan fingerprint density at radius 2 is 2.20 bits per heavy atom. The lowest BCUT2D eigenvalue weighted by Crippen LogP contribution is -2.26. The molecule has 1 aliphatic rings. The van der Waals surface area contributed by atoms with Crippen molar-refractivity contribution in [1.29, 1.82) is 5.26 Å². The average molecular weight is 272 g/mol. The summed E-state index contributed by atoms with van der Waals surface area (Å²) in [7, 11) is 4.15. The van der Waals surface area contributed by atoms with Gasteiger partial charge in [0.2, 0.25) is 0 Å². The number of ether oxygens (including phenoxy) is 1. The van der Waals surface area contributed by atoms with Gasteiger partial charge in [0.05, 0.1) is 18.1 Å². The molecule has 0 aliphatic carbocycles. The van der Waals surface area contributed by atoms with Crippen molar-refractivity contribution >= 4 is 0 Å². The maximum absolute atomic E-state index is 9.85. The van der Waals surface area contributed by atoms with Crippen molar-refractivity contribution in [3.63, 3.8) is 0 Å². The Balaban J connectivity index is 2.32. The lowest BCUT2D eigenvalue weighted by Gasteiger charge is -2.27. The van der Waals surface area contributed by atoms with Crippen molar-refractivity contribution < 1.29 is 4.74 Å². The normalized spacial score (nSPS) is 21.8. The van der Waals surface area contributed by atoms with Crippen molar-refractivity contribution in [2.24, 2.45) is 0 Å². The first kappa shape index (κ1) is 14.9. The number of benzene rings is 1. The lowest BCUT2D eigenvalue weighted by atomic mass is 9.74. The molecule has 2 rings (SSSR count). The molecule has 0 bridgehead atoms. The van der Waals surface area contributed by atoms with Crippen molar-refractivity contribution in [1.82, 2.24) is 4.90 Å². The van der Waals surface area contributed by atoms with Crippen LogP contribution in [0.5, 0.6) is 5.75 Å². The third-order valence-electron chi connectivity index (χ3n) is 4.08. The molecule has 1 heterocycles. The van der Waals surface area contributed by atoms with Gasteiger partial charge in [0, 0.05) is 5.56 Å². The standard InChI is InChI=1S/C17H24N2O/c1-14-6-7-16-15(12-14)17(13-18,9-5-11-20-16)8-4-10-19(2)3/h6-7,12H,4-5,8-11H2,1-3H3. The second kappa shape index (κ2) is 6.28. The maximum Gasteiger partial charge on any atom is 0.124 e. The van der Waals surface area contributed by atoms with Gasteiger partial charge in [-0.3, -0.25) is 0 Å². The molecule has 20 heavy (non-hydrogen) atoms. The van der Waals surface area contributed by atoms with Crippen LogP contribution >= 0.6 is 0 Å². The molecule has 0 spiro atoms. The Labute approximate surface area is 122 Å². The molecule has 1 aliphatic heterocycles. The van der Waals surface area contributed by atoms with Crippen LogP contribution in [0.3, 0.4) is 0 Å². The van der Waals surface area contributed by atoms with Crippen molar-refractivity contribution in [3.05, 3.63) is 29.3 Å². The summed E-state index contributed by atoms with van der Waals surface area (Å²) in [6.45, 7) is 3.81. The fraction of sp³-hybridized carbons (Fsp3) is 0.588. The number of rotatable bonds is 4. The predicted octanol–water partition coefficient (Wildman–Crippen LogP) is 3.27. The molecule has 0 aromatic heterocycles. The quantitative estimate of drug-likeness (QED) is 0.844. The van der Waals surface area contributed by atoms with Crippen LogP contribution in [0.25, 0.3) is 0 Å². The summed E-state index contributed by atoms with van der Waals surface area (Å²) in [5.74, 6) is 0.902. The van der Waals surface area contributed by atoms with Crippen LogP contribution in [0.1, 0.15) is 36.8 Å². The lowest BCUT2D eigenvalue weighted by molar-refractivity contribution is 0.312. The SMILES string of the molecule is Cc1ccc2c(c1)C(C#N)(CCCN(C)C)CCCO2. The van der Waals surface area contributed by atoms with Gasteiger partial charge in [0.1, 0.15) is 5.75 Å². The third kappa shape index (κ3) is 3.13. The predicted molar refractivity (Wildman–Crippen MR) is 81.0 cm³/mol. The minimum Gasteiger partial charge on any atom is -0.493 e. The third-order valence-corrected chi connectivity index (χ3v) is 4.08. The van der Waals surface area contributed by atoms with E-state index >= 15 is 0 Å². The van der Waals surface area contributed by atoms with Crippen LogP contribution in [0, 0.1) is 18.3 Å². The zero-order valence-corrected chi connectivity index (χ0v) is 12.8. The molecule has 1 atom stereocenters. The molecule has 0 saturated carbocycles. The molecule has 0 amide bonds. The fourth-order valence-corrected chi connectivity index (χ4v) is 2.96. The number of hydrogen-bond donors (Lipinski definition) is 0. The van der Waals surface area contributed by atoms with Gasteiger partial charge in [-0.2, -0.15) is 5.26 Å². The monoisotopic (exact) mass is 272 g/mol. The highest BCUT2D eigenvalue weighted by atomic mass is 16.5. The summed E-state index contributed by atoms with van der Waals surface area (Å²) < 4.78 is 5.83. The number of fused-ring (bicyclic) bond motifs is 1. The van der Waals surface area contributed by atoms with Crippen LogP contribution in [-0.4, -0.2) is 32.1 Å². The van der Waals surface area contributed by atoms with Gasteiger partial charge >= 0.3 is 0 Å².